The van der Waals surface area contributed by atoms with E-state index in [2.05, 4.69) is 15.3 Å². The van der Waals surface area contributed by atoms with E-state index in [-0.39, 0.29) is 16.4 Å². The van der Waals surface area contributed by atoms with E-state index in [1.54, 1.807) is 18.2 Å². The second-order valence-electron chi connectivity index (χ2n) is 5.07. The molecule has 1 aromatic carbocycles. The number of carbonyl (C=O) groups excluding carboxylic acids is 1. The van der Waals surface area contributed by atoms with E-state index in [0.717, 1.165) is 11.3 Å². The van der Waals surface area contributed by atoms with E-state index >= 15 is 0 Å². The molecule has 1 aliphatic rings. The van der Waals surface area contributed by atoms with Gasteiger partial charge in [-0.15, -0.1) is 11.3 Å². The number of anilines is 3. The summed E-state index contributed by atoms with van der Waals surface area (Å²) in [6.45, 7) is 0. The van der Waals surface area contributed by atoms with Gasteiger partial charge in [0.1, 0.15) is 21.8 Å². The number of nitrogens with zero attached hydrogens (tertiary/aromatic N) is 3. The predicted octanol–water partition coefficient (Wildman–Crippen LogP) is 3.74. The zero-order valence-corrected chi connectivity index (χ0v) is 14.2. The highest BCUT2D eigenvalue weighted by atomic mass is 35.5. The molecule has 0 aliphatic carbocycles. The lowest BCUT2D eigenvalue weighted by Crippen LogP contribution is -2.35. The zero-order chi connectivity index (χ0) is 17.7. The molecule has 0 radical (unpaired) electrons. The van der Waals surface area contributed by atoms with Crippen LogP contribution in [0.1, 0.15) is 9.67 Å². The summed E-state index contributed by atoms with van der Waals surface area (Å²) in [6.07, 6.45) is 1.28. The summed E-state index contributed by atoms with van der Waals surface area (Å²) < 4.78 is 5.31. The van der Waals surface area contributed by atoms with Crippen LogP contribution in [-0.4, -0.2) is 34.2 Å². The van der Waals surface area contributed by atoms with Crippen LogP contribution >= 0.6 is 22.9 Å². The number of hydrogen-bond donors (Lipinski definition) is 2. The smallest absolute Gasteiger partial charge is 0.348 e. The first-order chi connectivity index (χ1) is 12.0. The number of methoxy groups -OCH3 is 1. The van der Waals surface area contributed by atoms with Crippen LogP contribution in [0.3, 0.4) is 0 Å². The number of ether oxygens (including phenoxy) is 1. The van der Waals surface area contributed by atoms with Crippen molar-refractivity contribution in [2.24, 2.45) is 0 Å². The minimum Gasteiger partial charge on any atom is -0.495 e. The summed E-state index contributed by atoms with van der Waals surface area (Å²) >= 11 is 7.04. The van der Waals surface area contributed by atoms with Crippen molar-refractivity contribution in [3.8, 4) is 5.75 Å². The summed E-state index contributed by atoms with van der Waals surface area (Å²) in [5.74, 6) is -0.449. The van der Waals surface area contributed by atoms with Gasteiger partial charge in [-0.05, 0) is 18.2 Å². The molecule has 0 atom stereocenters. The molecule has 0 spiro atoms. The number of nitrogens with one attached hydrogen (secondary N) is 1. The van der Waals surface area contributed by atoms with E-state index in [4.69, 9.17) is 16.3 Å². The molecule has 0 saturated carbocycles. The van der Waals surface area contributed by atoms with Crippen molar-refractivity contribution in [2.45, 2.75) is 0 Å². The van der Waals surface area contributed by atoms with Gasteiger partial charge in [-0.3, -0.25) is 0 Å². The lowest BCUT2D eigenvalue weighted by molar-refractivity contribution is 0.0703. The number of thiophene rings is 1. The number of carbonyl (C=O) groups is 2. The van der Waals surface area contributed by atoms with E-state index in [1.165, 1.54) is 18.3 Å². The molecule has 3 heterocycles. The third kappa shape index (κ3) is 2.28. The van der Waals surface area contributed by atoms with E-state index < -0.39 is 12.0 Å². The first-order valence-electron chi connectivity index (χ1n) is 6.96. The van der Waals surface area contributed by atoms with E-state index in [0.29, 0.717) is 26.7 Å². The van der Waals surface area contributed by atoms with Gasteiger partial charge >= 0.3 is 12.0 Å². The van der Waals surface area contributed by atoms with Crippen molar-refractivity contribution in [3.05, 3.63) is 34.4 Å². The van der Waals surface area contributed by atoms with Crippen LogP contribution in [0.4, 0.5) is 22.0 Å². The Morgan fingerprint density at radius 3 is 2.92 bits per heavy atom. The lowest BCUT2D eigenvalue weighted by atomic mass is 10.2. The van der Waals surface area contributed by atoms with Crippen molar-refractivity contribution in [1.29, 1.82) is 0 Å². The monoisotopic (exact) mass is 376 g/mol. The highest BCUT2D eigenvalue weighted by molar-refractivity contribution is 7.21. The molecular weight excluding hydrogens is 368 g/mol. The number of urea groups is 1. The van der Waals surface area contributed by atoms with Gasteiger partial charge in [0.15, 0.2) is 5.82 Å². The molecule has 10 heteroatoms. The van der Waals surface area contributed by atoms with Crippen molar-refractivity contribution < 1.29 is 19.4 Å². The molecule has 0 unspecified atom stereocenters. The molecule has 8 nitrogen and oxygen atoms in total. The summed E-state index contributed by atoms with van der Waals surface area (Å²) in [7, 11) is 1.47. The second-order valence-corrected chi connectivity index (χ2v) is 6.51. The summed E-state index contributed by atoms with van der Waals surface area (Å²) in [4.78, 5) is 34.2. The topological polar surface area (TPSA) is 105 Å². The molecule has 0 fully saturated rings. The summed E-state index contributed by atoms with van der Waals surface area (Å²) in [6, 6.07) is 4.28. The molecule has 126 valence electrons. The third-order valence-electron chi connectivity index (χ3n) is 3.69. The van der Waals surface area contributed by atoms with Crippen molar-refractivity contribution in [1.82, 2.24) is 9.97 Å². The van der Waals surface area contributed by atoms with Crippen LogP contribution in [-0.2, 0) is 0 Å². The Morgan fingerprint density at radius 2 is 2.20 bits per heavy atom. The number of aromatic nitrogens is 2. The van der Waals surface area contributed by atoms with Crippen LogP contribution in [0.5, 0.6) is 5.75 Å². The maximum Gasteiger partial charge on any atom is 0.348 e. The standard InChI is InChI=1S/C15H9ClN4O4S/c1-24-8-3-2-6(16)4-7(8)20-12-9-10(19-15(20)23)11(14(21)22)25-13(9)18-5-17-12/h2-5H,1H3,(H,19,23)(H,21,22). The first kappa shape index (κ1) is 15.6. The predicted molar refractivity (Wildman–Crippen MR) is 93.5 cm³/mol. The molecule has 2 amide bonds. The molecule has 1 aliphatic heterocycles. The summed E-state index contributed by atoms with van der Waals surface area (Å²) in [5.41, 5.74) is 0.589. The number of hydrogen-bond acceptors (Lipinski definition) is 6. The maximum atomic E-state index is 12.7. The molecule has 3 aromatic rings. The average Bonchev–Trinajstić information content (AvgIpc) is 2.95. The Hall–Kier alpha value is -2.91. The van der Waals surface area contributed by atoms with Gasteiger partial charge in [0.05, 0.1) is 23.9 Å². The highest BCUT2D eigenvalue weighted by Crippen LogP contribution is 2.46. The zero-order valence-electron chi connectivity index (χ0n) is 12.6. The largest absolute Gasteiger partial charge is 0.495 e. The third-order valence-corrected chi connectivity index (χ3v) is 5.01. The highest BCUT2D eigenvalue weighted by Gasteiger charge is 2.35. The van der Waals surface area contributed by atoms with Crippen LogP contribution in [0.25, 0.3) is 10.2 Å². The fourth-order valence-electron chi connectivity index (χ4n) is 2.68. The van der Waals surface area contributed by atoms with Crippen LogP contribution in [0, 0.1) is 0 Å². The number of aromatic carboxylic acids is 1. The molecule has 4 rings (SSSR count). The van der Waals surface area contributed by atoms with Gasteiger partial charge < -0.3 is 15.2 Å². The number of carboxylic acids is 1. The minimum absolute atomic E-state index is 0.00260. The fraction of sp³-hybridized carbons (Fsp3) is 0.0667. The van der Waals surface area contributed by atoms with Crippen LogP contribution < -0.4 is 15.0 Å². The van der Waals surface area contributed by atoms with E-state index in [1.807, 2.05) is 0 Å². The number of rotatable bonds is 3. The molecule has 25 heavy (non-hydrogen) atoms. The van der Waals surface area contributed by atoms with Gasteiger partial charge in [0.2, 0.25) is 0 Å². The number of benzene rings is 1. The first-order valence-corrected chi connectivity index (χ1v) is 8.16. The Morgan fingerprint density at radius 1 is 1.40 bits per heavy atom. The van der Waals surface area contributed by atoms with Crippen molar-refractivity contribution >= 4 is 62.3 Å². The number of halogens is 1. The fourth-order valence-corrected chi connectivity index (χ4v) is 3.78. The Labute approximate surface area is 149 Å². The van der Waals surface area contributed by atoms with Crippen LogP contribution in [0.15, 0.2) is 24.5 Å². The molecule has 2 N–H and O–H groups in total. The molecule has 0 bridgehead atoms. The van der Waals surface area contributed by atoms with E-state index in [9.17, 15) is 14.7 Å². The number of carboxylic acid groups (broad SMARTS) is 1. The average molecular weight is 377 g/mol. The van der Waals surface area contributed by atoms with Crippen LogP contribution in [0.2, 0.25) is 5.02 Å². The van der Waals surface area contributed by atoms with Gasteiger partial charge in [-0.2, -0.15) is 0 Å². The van der Waals surface area contributed by atoms with Gasteiger partial charge in [-0.1, -0.05) is 11.6 Å². The molecule has 0 saturated heterocycles. The SMILES string of the molecule is COc1ccc(Cl)cc1N1C(=O)Nc2c(C(=O)O)sc3ncnc1c23. The van der Waals surface area contributed by atoms with Gasteiger partial charge in [0.25, 0.3) is 0 Å². The minimum atomic E-state index is -1.14. The van der Waals surface area contributed by atoms with Crippen molar-refractivity contribution in [2.75, 3.05) is 17.3 Å². The Balaban J connectivity index is 2.02. The number of amides is 2. The summed E-state index contributed by atoms with van der Waals surface area (Å²) in [5, 5.41) is 12.8. The second kappa shape index (κ2) is 5.57. The van der Waals surface area contributed by atoms with Gasteiger partial charge in [-0.25, -0.2) is 24.5 Å². The Kier molecular flexibility index (Phi) is 3.48. The Bertz CT molecular complexity index is 1050. The molecule has 2 aromatic heterocycles. The molecular formula is C15H9ClN4O4S. The van der Waals surface area contributed by atoms with Crippen molar-refractivity contribution in [3.63, 3.8) is 0 Å². The quantitative estimate of drug-likeness (QED) is 0.721. The lowest BCUT2D eigenvalue weighted by Gasteiger charge is -2.28. The normalized spacial score (nSPS) is 13.0. The maximum absolute atomic E-state index is 12.7. The van der Waals surface area contributed by atoms with Gasteiger partial charge in [0, 0.05) is 5.02 Å².